The third-order valence-corrected chi connectivity index (χ3v) is 4.16. The number of aliphatic hydroxyl groups excluding tert-OH is 1. The van der Waals surface area contributed by atoms with Crippen molar-refractivity contribution < 1.29 is 38.4 Å². The lowest BCUT2D eigenvalue weighted by Gasteiger charge is -2.46. The second-order valence-electron chi connectivity index (χ2n) is 5.86. The van der Waals surface area contributed by atoms with Crippen LogP contribution in [0, 0.1) is 0 Å². The topological polar surface area (TPSA) is 101 Å². The highest BCUT2D eigenvalue weighted by molar-refractivity contribution is 5.76. The molecular weight excluding hydrogens is 332 g/mol. The first-order chi connectivity index (χ1) is 12.0. The van der Waals surface area contributed by atoms with Crippen LogP contribution in [0.25, 0.3) is 0 Å². The monoisotopic (exact) mass is 352 g/mol. The Morgan fingerprint density at radius 1 is 1.20 bits per heavy atom. The highest BCUT2D eigenvalue weighted by Crippen LogP contribution is 2.35. The second-order valence-corrected chi connectivity index (χ2v) is 5.86. The van der Waals surface area contributed by atoms with Gasteiger partial charge in [-0.2, -0.15) is 0 Å². The van der Waals surface area contributed by atoms with Gasteiger partial charge in [-0.3, -0.25) is 4.79 Å². The van der Waals surface area contributed by atoms with E-state index in [1.807, 2.05) is 30.3 Å². The van der Waals surface area contributed by atoms with Crippen LogP contribution in [0.3, 0.4) is 0 Å². The third kappa shape index (κ3) is 3.67. The van der Waals surface area contributed by atoms with Crippen LogP contribution < -0.4 is 0 Å². The van der Waals surface area contributed by atoms with E-state index >= 15 is 0 Å². The van der Waals surface area contributed by atoms with Crippen molar-refractivity contribution in [2.45, 2.75) is 43.7 Å². The number of ether oxygens (including phenoxy) is 5. The van der Waals surface area contributed by atoms with Crippen LogP contribution in [0.4, 0.5) is 0 Å². The van der Waals surface area contributed by atoms with Gasteiger partial charge in [-0.1, -0.05) is 30.3 Å². The van der Waals surface area contributed by atoms with Gasteiger partial charge in [-0.25, -0.2) is 4.79 Å². The second kappa shape index (κ2) is 7.49. The molecule has 0 radical (unpaired) electrons. The minimum absolute atomic E-state index is 0.113. The highest BCUT2D eigenvalue weighted by atomic mass is 16.7. The van der Waals surface area contributed by atoms with Gasteiger partial charge in [0.2, 0.25) is 0 Å². The lowest BCUT2D eigenvalue weighted by molar-refractivity contribution is -0.326. The van der Waals surface area contributed by atoms with Crippen molar-refractivity contribution in [3.05, 3.63) is 35.9 Å². The number of fused-ring (bicyclic) bond motifs is 1. The summed E-state index contributed by atoms with van der Waals surface area (Å²) in [6.45, 7) is 1.30. The van der Waals surface area contributed by atoms with Crippen molar-refractivity contribution in [2.24, 2.45) is 0 Å². The highest BCUT2D eigenvalue weighted by Gasteiger charge is 2.53. The Hall–Kier alpha value is -2.00. The third-order valence-electron chi connectivity index (χ3n) is 4.16. The molecule has 1 aromatic carbocycles. The number of hydrogen-bond acceptors (Lipinski definition) is 8. The molecule has 1 N–H and O–H groups in total. The van der Waals surface area contributed by atoms with Gasteiger partial charge in [0.15, 0.2) is 18.5 Å². The quantitative estimate of drug-likeness (QED) is 0.777. The van der Waals surface area contributed by atoms with Gasteiger partial charge in [-0.05, 0) is 0 Å². The molecule has 0 aromatic heterocycles. The Balaban J connectivity index is 1.80. The molecule has 2 aliphatic heterocycles. The first-order valence-corrected chi connectivity index (χ1v) is 7.92. The van der Waals surface area contributed by atoms with Crippen molar-refractivity contribution >= 4 is 11.9 Å². The maximum atomic E-state index is 11.9. The SMILES string of the molecule is COC(=O)[C@@H]1O[C@@H]2CO[C@H](c3ccccc3)O[C@@H]2[C@@H](O)[C@H]1OC(C)=O. The summed E-state index contributed by atoms with van der Waals surface area (Å²) in [6.07, 6.45) is -5.92. The molecule has 6 atom stereocenters. The van der Waals surface area contributed by atoms with Gasteiger partial charge in [-0.15, -0.1) is 0 Å². The molecule has 0 saturated carbocycles. The number of benzene rings is 1. The van der Waals surface area contributed by atoms with Gasteiger partial charge < -0.3 is 28.8 Å². The van der Waals surface area contributed by atoms with E-state index in [4.69, 9.17) is 18.9 Å². The van der Waals surface area contributed by atoms with Crippen molar-refractivity contribution in [1.29, 1.82) is 0 Å². The average molecular weight is 352 g/mol. The maximum Gasteiger partial charge on any atom is 0.339 e. The summed E-state index contributed by atoms with van der Waals surface area (Å²) < 4.78 is 26.9. The molecule has 136 valence electrons. The predicted octanol–water partition coefficient (Wildman–Crippen LogP) is 0.334. The van der Waals surface area contributed by atoms with Crippen molar-refractivity contribution in [3.63, 3.8) is 0 Å². The van der Waals surface area contributed by atoms with Crippen LogP contribution in [-0.4, -0.2) is 61.3 Å². The van der Waals surface area contributed by atoms with E-state index in [1.54, 1.807) is 0 Å². The Labute approximate surface area is 144 Å². The molecule has 0 unspecified atom stereocenters. The molecular formula is C17H20O8. The molecule has 0 bridgehead atoms. The number of esters is 2. The fraction of sp³-hybridized carbons (Fsp3) is 0.529. The van der Waals surface area contributed by atoms with Crippen molar-refractivity contribution in [1.82, 2.24) is 0 Å². The molecule has 2 saturated heterocycles. The number of rotatable bonds is 3. The van der Waals surface area contributed by atoms with Crippen molar-refractivity contribution in [2.75, 3.05) is 13.7 Å². The van der Waals surface area contributed by atoms with Crippen LogP contribution in [0.1, 0.15) is 18.8 Å². The van der Waals surface area contributed by atoms with E-state index in [-0.39, 0.29) is 6.61 Å². The number of carbonyl (C=O) groups excluding carboxylic acids is 2. The van der Waals surface area contributed by atoms with Gasteiger partial charge in [0, 0.05) is 12.5 Å². The number of methoxy groups -OCH3 is 1. The first kappa shape index (κ1) is 17.8. The van der Waals surface area contributed by atoms with Crippen LogP contribution in [0.15, 0.2) is 30.3 Å². The van der Waals surface area contributed by atoms with Gasteiger partial charge in [0.05, 0.1) is 13.7 Å². The lowest BCUT2D eigenvalue weighted by Crippen LogP contribution is -2.64. The van der Waals surface area contributed by atoms with Gasteiger partial charge in [0.1, 0.15) is 18.3 Å². The largest absolute Gasteiger partial charge is 0.467 e. The predicted molar refractivity (Wildman–Crippen MR) is 82.2 cm³/mol. The fourth-order valence-corrected chi connectivity index (χ4v) is 3.01. The average Bonchev–Trinajstić information content (AvgIpc) is 2.63. The van der Waals surface area contributed by atoms with E-state index < -0.39 is 48.7 Å². The molecule has 25 heavy (non-hydrogen) atoms. The van der Waals surface area contributed by atoms with E-state index in [1.165, 1.54) is 14.0 Å². The Bertz CT molecular complexity index is 618. The van der Waals surface area contributed by atoms with Crippen LogP contribution in [0.2, 0.25) is 0 Å². The summed E-state index contributed by atoms with van der Waals surface area (Å²) >= 11 is 0. The minimum atomic E-state index is -1.26. The van der Waals surface area contributed by atoms with E-state index in [0.29, 0.717) is 0 Å². The zero-order valence-electron chi connectivity index (χ0n) is 13.9. The number of aliphatic hydroxyl groups is 1. The summed E-state index contributed by atoms with van der Waals surface area (Å²) in [7, 11) is 1.19. The first-order valence-electron chi connectivity index (χ1n) is 7.92. The molecule has 2 aliphatic rings. The van der Waals surface area contributed by atoms with Crippen LogP contribution in [-0.2, 0) is 33.3 Å². The van der Waals surface area contributed by atoms with Crippen molar-refractivity contribution in [3.8, 4) is 0 Å². The molecule has 3 rings (SSSR count). The normalized spacial score (nSPS) is 34.7. The Morgan fingerprint density at radius 3 is 2.56 bits per heavy atom. The zero-order valence-corrected chi connectivity index (χ0v) is 13.9. The van der Waals surface area contributed by atoms with E-state index in [2.05, 4.69) is 4.74 Å². The summed E-state index contributed by atoms with van der Waals surface area (Å²) in [6, 6.07) is 9.23. The van der Waals surface area contributed by atoms with Crippen LogP contribution in [0.5, 0.6) is 0 Å². The van der Waals surface area contributed by atoms with Crippen LogP contribution >= 0.6 is 0 Å². The molecule has 2 heterocycles. The fourth-order valence-electron chi connectivity index (χ4n) is 3.01. The molecule has 8 heteroatoms. The standard InChI is InChI=1S/C17H20O8/c1-9(18)23-14-12(19)13-11(24-15(14)16(20)21-2)8-22-17(25-13)10-6-4-3-5-7-10/h3-7,11-15,17,19H,8H2,1-2H3/t11-,12-,13+,14-,15-,17+/m1/s1. The molecule has 0 spiro atoms. The zero-order chi connectivity index (χ0) is 18.0. The maximum absolute atomic E-state index is 11.9. The molecule has 0 amide bonds. The Morgan fingerprint density at radius 2 is 1.92 bits per heavy atom. The number of hydrogen-bond donors (Lipinski definition) is 1. The molecule has 0 aliphatic carbocycles. The summed E-state index contributed by atoms with van der Waals surface area (Å²) in [5, 5.41) is 10.6. The molecule has 8 nitrogen and oxygen atoms in total. The Kier molecular flexibility index (Phi) is 5.33. The van der Waals surface area contributed by atoms with E-state index in [9.17, 15) is 14.7 Å². The van der Waals surface area contributed by atoms with Gasteiger partial charge in [0.25, 0.3) is 0 Å². The summed E-state index contributed by atoms with van der Waals surface area (Å²) in [4.78, 5) is 23.3. The van der Waals surface area contributed by atoms with E-state index in [0.717, 1.165) is 5.56 Å². The molecule has 1 aromatic rings. The smallest absolute Gasteiger partial charge is 0.339 e. The summed E-state index contributed by atoms with van der Waals surface area (Å²) in [5.41, 5.74) is 0.785. The number of carbonyl (C=O) groups is 2. The molecule has 2 fully saturated rings. The summed E-state index contributed by atoms with van der Waals surface area (Å²) in [5.74, 6) is -1.39. The van der Waals surface area contributed by atoms with Gasteiger partial charge >= 0.3 is 11.9 Å². The minimum Gasteiger partial charge on any atom is -0.467 e. The lowest BCUT2D eigenvalue weighted by atomic mass is 9.94.